The number of morpholine rings is 1. The second-order valence-corrected chi connectivity index (χ2v) is 6.75. The van der Waals surface area contributed by atoms with Crippen molar-refractivity contribution in [2.75, 3.05) is 43.1 Å². The van der Waals surface area contributed by atoms with Crippen molar-refractivity contribution in [3.63, 3.8) is 0 Å². The van der Waals surface area contributed by atoms with Crippen LogP contribution in [0.5, 0.6) is 0 Å². The molecule has 0 aromatic carbocycles. The topological polar surface area (TPSA) is 87.9 Å². The molecule has 2 aliphatic rings. The van der Waals surface area contributed by atoms with Gasteiger partial charge in [-0.3, -0.25) is 9.59 Å². The summed E-state index contributed by atoms with van der Waals surface area (Å²) in [5.74, 6) is 1.02. The molecule has 2 aromatic rings. The van der Waals surface area contributed by atoms with E-state index in [0.717, 1.165) is 18.9 Å². The molecule has 0 unspecified atom stereocenters. The molecule has 0 spiro atoms. The summed E-state index contributed by atoms with van der Waals surface area (Å²) in [6.07, 6.45) is 3.44. The average Bonchev–Trinajstić information content (AvgIpc) is 3.34. The number of hydrogen-bond acceptors (Lipinski definition) is 6. The third-order valence-corrected chi connectivity index (χ3v) is 4.86. The first-order chi connectivity index (χ1) is 13.2. The van der Waals surface area contributed by atoms with Crippen molar-refractivity contribution in [2.45, 2.75) is 13.0 Å². The second-order valence-electron chi connectivity index (χ2n) is 6.75. The van der Waals surface area contributed by atoms with Gasteiger partial charge in [0.2, 0.25) is 11.8 Å². The summed E-state index contributed by atoms with van der Waals surface area (Å²) >= 11 is 0. The maximum Gasteiger partial charge on any atom is 0.229 e. The van der Waals surface area contributed by atoms with Gasteiger partial charge in [-0.1, -0.05) is 0 Å². The number of carbonyl (C=O) groups is 2. The van der Waals surface area contributed by atoms with Gasteiger partial charge in [0.25, 0.3) is 0 Å². The van der Waals surface area contributed by atoms with Crippen LogP contribution in [-0.2, 0) is 20.9 Å². The van der Waals surface area contributed by atoms with Gasteiger partial charge in [-0.05, 0) is 24.3 Å². The molecule has 142 valence electrons. The van der Waals surface area contributed by atoms with Gasteiger partial charge in [0.05, 0.1) is 43.8 Å². The highest BCUT2D eigenvalue weighted by molar-refractivity contribution is 5.97. The molecule has 2 aromatic heterocycles. The van der Waals surface area contributed by atoms with E-state index in [9.17, 15) is 9.59 Å². The summed E-state index contributed by atoms with van der Waals surface area (Å²) < 4.78 is 10.6. The van der Waals surface area contributed by atoms with Crippen LogP contribution in [0.4, 0.5) is 11.5 Å². The summed E-state index contributed by atoms with van der Waals surface area (Å²) in [6.45, 7) is 3.81. The monoisotopic (exact) mass is 370 g/mol. The molecular formula is C19H22N4O4. The SMILES string of the molecule is O=C(Nc1ccc(N2CCOCC2)nc1)[C@@H]1CC(=O)N(Cc2ccco2)C1. The molecule has 0 aliphatic carbocycles. The van der Waals surface area contributed by atoms with Crippen LogP contribution in [0.1, 0.15) is 12.2 Å². The molecular weight excluding hydrogens is 348 g/mol. The number of hydrogen-bond donors (Lipinski definition) is 1. The third kappa shape index (κ3) is 4.11. The molecule has 27 heavy (non-hydrogen) atoms. The Morgan fingerprint density at radius 1 is 1.26 bits per heavy atom. The Balaban J connectivity index is 1.33. The highest BCUT2D eigenvalue weighted by Crippen LogP contribution is 2.22. The lowest BCUT2D eigenvalue weighted by atomic mass is 10.1. The van der Waals surface area contributed by atoms with E-state index in [-0.39, 0.29) is 24.2 Å². The molecule has 8 nitrogen and oxygen atoms in total. The van der Waals surface area contributed by atoms with Crippen LogP contribution in [0.3, 0.4) is 0 Å². The van der Waals surface area contributed by atoms with Crippen molar-refractivity contribution in [1.29, 1.82) is 0 Å². The highest BCUT2D eigenvalue weighted by atomic mass is 16.5. The number of anilines is 2. The normalized spacial score (nSPS) is 20.1. The summed E-state index contributed by atoms with van der Waals surface area (Å²) in [4.78, 5) is 32.9. The Labute approximate surface area is 157 Å². The molecule has 2 amide bonds. The molecule has 0 bridgehead atoms. The fourth-order valence-corrected chi connectivity index (χ4v) is 3.38. The Morgan fingerprint density at radius 3 is 2.81 bits per heavy atom. The Bertz CT molecular complexity index is 785. The van der Waals surface area contributed by atoms with E-state index in [1.807, 2.05) is 18.2 Å². The summed E-state index contributed by atoms with van der Waals surface area (Å²) in [6, 6.07) is 7.34. The molecule has 2 saturated heterocycles. The van der Waals surface area contributed by atoms with Gasteiger partial charge in [-0.2, -0.15) is 0 Å². The zero-order valence-electron chi connectivity index (χ0n) is 15.0. The first-order valence-corrected chi connectivity index (χ1v) is 9.09. The van der Waals surface area contributed by atoms with Crippen LogP contribution >= 0.6 is 0 Å². The number of carbonyl (C=O) groups excluding carboxylic acids is 2. The van der Waals surface area contributed by atoms with Crippen LogP contribution < -0.4 is 10.2 Å². The van der Waals surface area contributed by atoms with E-state index >= 15 is 0 Å². The average molecular weight is 370 g/mol. The quantitative estimate of drug-likeness (QED) is 0.858. The largest absolute Gasteiger partial charge is 0.467 e. The fourth-order valence-electron chi connectivity index (χ4n) is 3.38. The van der Waals surface area contributed by atoms with Gasteiger partial charge >= 0.3 is 0 Å². The molecule has 1 N–H and O–H groups in total. The van der Waals surface area contributed by atoms with Crippen molar-refractivity contribution in [1.82, 2.24) is 9.88 Å². The molecule has 4 rings (SSSR count). The van der Waals surface area contributed by atoms with Crippen LogP contribution in [-0.4, -0.2) is 54.5 Å². The number of nitrogens with zero attached hydrogens (tertiary/aromatic N) is 3. The first-order valence-electron chi connectivity index (χ1n) is 9.09. The lowest BCUT2D eigenvalue weighted by Gasteiger charge is -2.27. The molecule has 1 atom stereocenters. The van der Waals surface area contributed by atoms with Crippen LogP contribution in [0, 0.1) is 5.92 Å². The predicted octanol–water partition coefficient (Wildman–Crippen LogP) is 1.50. The molecule has 2 aliphatic heterocycles. The van der Waals surface area contributed by atoms with E-state index in [0.29, 0.717) is 37.8 Å². The lowest BCUT2D eigenvalue weighted by Crippen LogP contribution is -2.36. The Hall–Kier alpha value is -2.87. The van der Waals surface area contributed by atoms with E-state index in [1.54, 1.807) is 23.4 Å². The summed E-state index contributed by atoms with van der Waals surface area (Å²) in [7, 11) is 0. The van der Waals surface area contributed by atoms with Gasteiger partial charge in [-0.25, -0.2) is 4.98 Å². The van der Waals surface area contributed by atoms with Crippen LogP contribution in [0.25, 0.3) is 0 Å². The van der Waals surface area contributed by atoms with E-state index in [4.69, 9.17) is 9.15 Å². The van der Waals surface area contributed by atoms with Gasteiger partial charge < -0.3 is 24.3 Å². The number of amides is 2. The first kappa shape index (κ1) is 17.5. The van der Waals surface area contributed by atoms with Crippen LogP contribution in [0.2, 0.25) is 0 Å². The maximum atomic E-state index is 12.5. The fraction of sp³-hybridized carbons (Fsp3) is 0.421. The number of likely N-dealkylation sites (tertiary alicyclic amines) is 1. The maximum absolute atomic E-state index is 12.5. The van der Waals surface area contributed by atoms with E-state index in [2.05, 4.69) is 15.2 Å². The molecule has 4 heterocycles. The summed E-state index contributed by atoms with van der Waals surface area (Å²) in [5.41, 5.74) is 0.633. The summed E-state index contributed by atoms with van der Waals surface area (Å²) in [5, 5.41) is 2.87. The number of furan rings is 1. The zero-order valence-corrected chi connectivity index (χ0v) is 15.0. The second kappa shape index (κ2) is 7.79. The molecule has 8 heteroatoms. The Kier molecular flexibility index (Phi) is 5.06. The van der Waals surface area contributed by atoms with Crippen molar-refractivity contribution in [2.24, 2.45) is 5.92 Å². The van der Waals surface area contributed by atoms with Gasteiger partial charge in [0, 0.05) is 26.1 Å². The van der Waals surface area contributed by atoms with Gasteiger partial charge in [-0.15, -0.1) is 0 Å². The van der Waals surface area contributed by atoms with E-state index < -0.39 is 0 Å². The number of ether oxygens (including phenoxy) is 1. The zero-order chi connectivity index (χ0) is 18.6. The molecule has 0 saturated carbocycles. The number of aromatic nitrogens is 1. The van der Waals surface area contributed by atoms with Crippen LogP contribution in [0.15, 0.2) is 41.1 Å². The van der Waals surface area contributed by atoms with Crippen molar-refractivity contribution in [3.8, 4) is 0 Å². The predicted molar refractivity (Wildman–Crippen MR) is 98.1 cm³/mol. The molecule has 2 fully saturated rings. The minimum absolute atomic E-state index is 0.0349. The van der Waals surface area contributed by atoms with Gasteiger partial charge in [0.15, 0.2) is 0 Å². The molecule has 0 radical (unpaired) electrons. The van der Waals surface area contributed by atoms with Crippen molar-refractivity contribution >= 4 is 23.3 Å². The number of pyridine rings is 1. The van der Waals surface area contributed by atoms with E-state index in [1.165, 1.54) is 0 Å². The number of rotatable bonds is 5. The minimum Gasteiger partial charge on any atom is -0.467 e. The smallest absolute Gasteiger partial charge is 0.229 e. The number of nitrogens with one attached hydrogen (secondary N) is 1. The van der Waals surface area contributed by atoms with Crippen molar-refractivity contribution in [3.05, 3.63) is 42.5 Å². The minimum atomic E-state index is -0.369. The lowest BCUT2D eigenvalue weighted by molar-refractivity contribution is -0.128. The van der Waals surface area contributed by atoms with Crippen molar-refractivity contribution < 1.29 is 18.7 Å². The standard InChI is InChI=1S/C19H22N4O4/c24-18-10-14(12-23(18)13-16-2-1-7-27-16)19(25)21-15-3-4-17(20-11-15)22-5-8-26-9-6-22/h1-4,7,11,14H,5-6,8-10,12-13H2,(H,21,25)/t14-/m1/s1. The Morgan fingerprint density at radius 2 is 2.11 bits per heavy atom. The van der Waals surface area contributed by atoms with Gasteiger partial charge in [0.1, 0.15) is 11.6 Å². The highest BCUT2D eigenvalue weighted by Gasteiger charge is 2.34. The third-order valence-electron chi connectivity index (χ3n) is 4.86.